The van der Waals surface area contributed by atoms with Gasteiger partial charge >= 0.3 is 0 Å². The van der Waals surface area contributed by atoms with Crippen molar-refractivity contribution in [3.05, 3.63) is 200 Å². The van der Waals surface area contributed by atoms with Crippen molar-refractivity contribution in [2.45, 2.75) is 0 Å². The van der Waals surface area contributed by atoms with E-state index < -0.39 is 0 Å². The summed E-state index contributed by atoms with van der Waals surface area (Å²) in [5, 5.41) is 4.65. The van der Waals surface area contributed by atoms with E-state index in [1.54, 1.807) is 0 Å². The number of para-hydroxylation sites is 2. The van der Waals surface area contributed by atoms with Gasteiger partial charge in [-0.3, -0.25) is 4.57 Å². The third-order valence-corrected chi connectivity index (χ3v) is 10.8. The normalized spacial score (nSPS) is 11.6. The average Bonchev–Trinajstić information content (AvgIpc) is 3.80. The molecule has 0 unspecified atom stereocenters. The van der Waals surface area contributed by atoms with Gasteiger partial charge in [0, 0.05) is 38.2 Å². The number of benzene rings is 8. The molecule has 5 nitrogen and oxygen atoms in total. The monoisotopic (exact) mass is 715 g/mol. The van der Waals surface area contributed by atoms with Crippen molar-refractivity contribution in [1.29, 1.82) is 0 Å². The molecule has 11 rings (SSSR count). The van der Waals surface area contributed by atoms with Gasteiger partial charge < -0.3 is 4.57 Å². The van der Waals surface area contributed by atoms with E-state index in [-0.39, 0.29) is 0 Å². The van der Waals surface area contributed by atoms with Crippen LogP contribution in [0, 0.1) is 0 Å². The summed E-state index contributed by atoms with van der Waals surface area (Å²) in [5.74, 6) is 1.82. The fraction of sp³-hybridized carbons (Fsp3) is 0. The quantitative estimate of drug-likeness (QED) is 0.172. The second-order valence-electron chi connectivity index (χ2n) is 14.0. The Bertz CT molecular complexity index is 3160. The first-order chi connectivity index (χ1) is 27.8. The number of hydrogen-bond donors (Lipinski definition) is 0. The molecule has 262 valence electrons. The number of hydrogen-bond acceptors (Lipinski definition) is 3. The number of rotatable bonds is 6. The van der Waals surface area contributed by atoms with E-state index in [0.717, 1.165) is 55.2 Å². The maximum atomic E-state index is 5.21. The van der Waals surface area contributed by atoms with Crippen LogP contribution in [0.5, 0.6) is 0 Å². The molecule has 0 aliphatic heterocycles. The second-order valence-corrected chi connectivity index (χ2v) is 14.0. The summed E-state index contributed by atoms with van der Waals surface area (Å²) in [4.78, 5) is 15.4. The van der Waals surface area contributed by atoms with Gasteiger partial charge in [0.2, 0.25) is 5.95 Å². The zero-order valence-corrected chi connectivity index (χ0v) is 30.3. The van der Waals surface area contributed by atoms with Crippen LogP contribution >= 0.6 is 0 Å². The summed E-state index contributed by atoms with van der Waals surface area (Å²) >= 11 is 0. The fourth-order valence-corrected chi connectivity index (χ4v) is 8.36. The zero-order valence-electron chi connectivity index (χ0n) is 30.3. The minimum Gasteiger partial charge on any atom is -0.308 e. The summed E-state index contributed by atoms with van der Waals surface area (Å²) in [6.45, 7) is 0. The second kappa shape index (κ2) is 13.0. The maximum Gasteiger partial charge on any atom is 0.238 e. The minimum atomic E-state index is 0.571. The summed E-state index contributed by atoms with van der Waals surface area (Å²) in [6, 6.07) is 70.4. The van der Waals surface area contributed by atoms with Crippen LogP contribution < -0.4 is 0 Å². The molecule has 0 N–H and O–H groups in total. The van der Waals surface area contributed by atoms with E-state index >= 15 is 0 Å². The Labute approximate surface area is 323 Å². The number of fused-ring (bicyclic) bond motifs is 7. The third-order valence-electron chi connectivity index (χ3n) is 10.8. The molecule has 0 radical (unpaired) electrons. The Morgan fingerprint density at radius 1 is 0.321 bits per heavy atom. The van der Waals surface area contributed by atoms with Gasteiger partial charge in [-0.15, -0.1) is 0 Å². The topological polar surface area (TPSA) is 48.5 Å². The van der Waals surface area contributed by atoms with E-state index in [4.69, 9.17) is 15.0 Å². The number of aromatic nitrogens is 5. The summed E-state index contributed by atoms with van der Waals surface area (Å²) in [6.07, 6.45) is 0. The zero-order chi connectivity index (χ0) is 37.0. The Hall–Kier alpha value is -7.63. The number of nitrogens with zero attached hydrogens (tertiary/aromatic N) is 5. The molecule has 3 aromatic heterocycles. The first-order valence-corrected chi connectivity index (χ1v) is 18.9. The summed E-state index contributed by atoms with van der Waals surface area (Å²) in [7, 11) is 0. The van der Waals surface area contributed by atoms with Gasteiger partial charge in [0.15, 0.2) is 11.6 Å². The first kappa shape index (κ1) is 31.9. The molecule has 0 saturated heterocycles. The molecule has 56 heavy (non-hydrogen) atoms. The van der Waals surface area contributed by atoms with Crippen molar-refractivity contribution < 1.29 is 0 Å². The van der Waals surface area contributed by atoms with Gasteiger partial charge in [-0.25, -0.2) is 4.98 Å². The first-order valence-electron chi connectivity index (χ1n) is 18.9. The molecule has 5 heteroatoms. The predicted molar refractivity (Wildman–Crippen MR) is 230 cm³/mol. The van der Waals surface area contributed by atoms with Crippen LogP contribution in [0.4, 0.5) is 0 Å². The Balaban J connectivity index is 1.28. The molecule has 0 fully saturated rings. The lowest BCUT2D eigenvalue weighted by Gasteiger charge is -2.19. The van der Waals surface area contributed by atoms with Crippen molar-refractivity contribution in [2.75, 3.05) is 0 Å². The van der Waals surface area contributed by atoms with E-state index in [2.05, 4.69) is 173 Å². The van der Waals surface area contributed by atoms with Gasteiger partial charge in [-0.2, -0.15) is 9.97 Å². The van der Waals surface area contributed by atoms with E-state index in [1.165, 1.54) is 27.5 Å². The highest BCUT2D eigenvalue weighted by Crippen LogP contribution is 2.45. The molecule has 0 saturated carbocycles. The standard InChI is InChI=1S/C51H33N5/c1-5-18-34(19-6-1)38-28-17-31-44(46(38)35-20-7-2-8-21-35)55-42-29-15-13-26-39(42)40-32-33-45-47(48(40)55)41-27-14-16-30-43(41)56(45)51-53-49(36-22-9-3-10-23-36)52-50(54-51)37-24-11-4-12-25-37/h1-33H. The van der Waals surface area contributed by atoms with Gasteiger partial charge in [0.05, 0.1) is 27.8 Å². The lowest BCUT2D eigenvalue weighted by molar-refractivity contribution is 0.953. The molecular weight excluding hydrogens is 683 g/mol. The fourth-order valence-electron chi connectivity index (χ4n) is 8.36. The highest BCUT2D eigenvalue weighted by atomic mass is 15.2. The molecule has 0 amide bonds. The van der Waals surface area contributed by atoms with Crippen molar-refractivity contribution in [2.24, 2.45) is 0 Å². The van der Waals surface area contributed by atoms with Crippen LogP contribution in [0.15, 0.2) is 200 Å². The van der Waals surface area contributed by atoms with E-state index in [1.807, 2.05) is 36.4 Å². The van der Waals surface area contributed by atoms with Crippen molar-refractivity contribution in [3.8, 4) is 56.7 Å². The molecule has 8 aromatic carbocycles. The minimum absolute atomic E-state index is 0.571. The highest BCUT2D eigenvalue weighted by molar-refractivity contribution is 6.26. The van der Waals surface area contributed by atoms with Gasteiger partial charge in [0.1, 0.15) is 0 Å². The Kier molecular flexibility index (Phi) is 7.42. The lowest BCUT2D eigenvalue weighted by Crippen LogP contribution is -2.06. The molecule has 0 atom stereocenters. The van der Waals surface area contributed by atoms with Crippen molar-refractivity contribution in [1.82, 2.24) is 24.1 Å². The predicted octanol–water partition coefficient (Wildman–Crippen LogP) is 12.7. The van der Waals surface area contributed by atoms with Crippen molar-refractivity contribution >= 4 is 43.6 Å². The van der Waals surface area contributed by atoms with Crippen LogP contribution in [-0.4, -0.2) is 24.1 Å². The summed E-state index contributed by atoms with van der Waals surface area (Å²) < 4.78 is 4.70. The van der Waals surface area contributed by atoms with E-state index in [9.17, 15) is 0 Å². The Morgan fingerprint density at radius 2 is 0.839 bits per heavy atom. The Morgan fingerprint density at radius 3 is 1.46 bits per heavy atom. The average molecular weight is 716 g/mol. The van der Waals surface area contributed by atoms with Crippen LogP contribution in [0.2, 0.25) is 0 Å². The SMILES string of the molecule is c1ccc(-c2nc(-c3ccccc3)nc(-n3c4ccccc4c4c3ccc3c5ccccc5n(-c5cccc(-c6ccccc6)c5-c5ccccc5)c34)n2)cc1. The van der Waals surface area contributed by atoms with E-state index in [0.29, 0.717) is 17.6 Å². The largest absolute Gasteiger partial charge is 0.308 e. The van der Waals surface area contributed by atoms with Crippen LogP contribution in [0.1, 0.15) is 0 Å². The van der Waals surface area contributed by atoms with Gasteiger partial charge in [-0.05, 0) is 41.0 Å². The maximum absolute atomic E-state index is 5.21. The van der Waals surface area contributed by atoms with Crippen LogP contribution in [0.3, 0.4) is 0 Å². The van der Waals surface area contributed by atoms with Crippen LogP contribution in [-0.2, 0) is 0 Å². The molecule has 0 aliphatic carbocycles. The molecule has 0 aliphatic rings. The highest BCUT2D eigenvalue weighted by Gasteiger charge is 2.24. The van der Waals surface area contributed by atoms with Crippen molar-refractivity contribution in [3.63, 3.8) is 0 Å². The lowest BCUT2D eigenvalue weighted by atomic mass is 9.92. The molecular formula is C51H33N5. The molecule has 0 spiro atoms. The van der Waals surface area contributed by atoms with Gasteiger partial charge in [0.25, 0.3) is 0 Å². The molecule has 0 bridgehead atoms. The molecule has 11 aromatic rings. The van der Waals surface area contributed by atoms with Gasteiger partial charge in [-0.1, -0.05) is 176 Å². The molecule has 3 heterocycles. The third kappa shape index (κ3) is 5.06. The van der Waals surface area contributed by atoms with Crippen LogP contribution in [0.25, 0.3) is 100 Å². The summed E-state index contributed by atoms with van der Waals surface area (Å²) in [5.41, 5.74) is 12.0. The smallest absolute Gasteiger partial charge is 0.238 e.